The van der Waals surface area contributed by atoms with Crippen molar-refractivity contribution in [1.82, 2.24) is 5.32 Å². The fourth-order valence-electron chi connectivity index (χ4n) is 2.60. The van der Waals surface area contributed by atoms with Gasteiger partial charge in [0.1, 0.15) is 5.82 Å². The molecule has 1 fully saturated rings. The van der Waals surface area contributed by atoms with Crippen molar-refractivity contribution in [2.75, 3.05) is 18.0 Å². The highest BCUT2D eigenvalue weighted by molar-refractivity contribution is 5.73. The maximum atomic E-state index is 14.1. The number of amides is 1. The zero-order valence-electron chi connectivity index (χ0n) is 11.3. The van der Waals surface area contributed by atoms with Crippen LogP contribution in [0.3, 0.4) is 0 Å². The molecule has 1 aromatic carbocycles. The van der Waals surface area contributed by atoms with Crippen LogP contribution in [0.25, 0.3) is 0 Å². The minimum absolute atomic E-state index is 0.0483. The van der Waals surface area contributed by atoms with Gasteiger partial charge in [-0.3, -0.25) is 4.79 Å². The van der Waals surface area contributed by atoms with E-state index in [9.17, 15) is 9.18 Å². The van der Waals surface area contributed by atoms with Crippen LogP contribution in [0, 0.1) is 5.82 Å². The predicted molar refractivity (Wildman–Crippen MR) is 73.4 cm³/mol. The molecule has 1 aliphatic rings. The van der Waals surface area contributed by atoms with Gasteiger partial charge in [0.15, 0.2) is 0 Å². The molecule has 1 amide bonds. The van der Waals surface area contributed by atoms with Crippen LogP contribution >= 0.6 is 0 Å². The standard InChI is InChI=1S/C14H20FN3O/c1-9(16)12-4-3-5-13(15)14(12)18-7-6-11(8-18)17-10(2)19/h3-5,9,11H,6-8,16H2,1-2H3,(H,17,19). The first-order chi connectivity index (χ1) is 8.99. The Labute approximate surface area is 112 Å². The Morgan fingerprint density at radius 2 is 2.32 bits per heavy atom. The van der Waals surface area contributed by atoms with Crippen LogP contribution in [0.1, 0.15) is 31.9 Å². The van der Waals surface area contributed by atoms with Crippen molar-refractivity contribution in [1.29, 1.82) is 0 Å². The molecule has 0 radical (unpaired) electrons. The zero-order chi connectivity index (χ0) is 14.0. The molecule has 0 spiro atoms. The number of benzene rings is 1. The van der Waals surface area contributed by atoms with Gasteiger partial charge in [-0.25, -0.2) is 4.39 Å². The summed E-state index contributed by atoms with van der Waals surface area (Å²) in [6.45, 7) is 4.70. The maximum Gasteiger partial charge on any atom is 0.217 e. The highest BCUT2D eigenvalue weighted by Crippen LogP contribution is 2.30. The van der Waals surface area contributed by atoms with Gasteiger partial charge in [-0.2, -0.15) is 0 Å². The fraction of sp³-hybridized carbons (Fsp3) is 0.500. The number of halogens is 1. The van der Waals surface area contributed by atoms with E-state index in [2.05, 4.69) is 5.32 Å². The first-order valence-corrected chi connectivity index (χ1v) is 6.55. The Balaban J connectivity index is 2.21. The third kappa shape index (κ3) is 3.04. The number of anilines is 1. The Bertz CT molecular complexity index is 476. The second-order valence-electron chi connectivity index (χ2n) is 5.10. The number of nitrogens with two attached hydrogens (primary N) is 1. The molecule has 1 saturated heterocycles. The fourth-order valence-corrected chi connectivity index (χ4v) is 2.60. The van der Waals surface area contributed by atoms with Crippen molar-refractivity contribution in [2.45, 2.75) is 32.4 Å². The van der Waals surface area contributed by atoms with Crippen molar-refractivity contribution in [3.63, 3.8) is 0 Å². The molecule has 0 aliphatic carbocycles. The molecule has 2 unspecified atom stereocenters. The van der Waals surface area contributed by atoms with Crippen molar-refractivity contribution in [2.24, 2.45) is 5.73 Å². The molecule has 2 atom stereocenters. The van der Waals surface area contributed by atoms with Gasteiger partial charge in [0.2, 0.25) is 5.91 Å². The van der Waals surface area contributed by atoms with E-state index in [1.54, 1.807) is 6.07 Å². The van der Waals surface area contributed by atoms with E-state index in [0.29, 0.717) is 12.2 Å². The SMILES string of the molecule is CC(=O)NC1CCN(c2c(F)cccc2C(C)N)C1. The van der Waals surface area contributed by atoms with Crippen LogP contribution < -0.4 is 16.0 Å². The topological polar surface area (TPSA) is 58.4 Å². The van der Waals surface area contributed by atoms with E-state index >= 15 is 0 Å². The van der Waals surface area contributed by atoms with E-state index in [0.717, 1.165) is 18.5 Å². The van der Waals surface area contributed by atoms with Gasteiger partial charge < -0.3 is 16.0 Å². The Morgan fingerprint density at radius 1 is 1.58 bits per heavy atom. The van der Waals surface area contributed by atoms with Crippen molar-refractivity contribution < 1.29 is 9.18 Å². The molecule has 4 nitrogen and oxygen atoms in total. The third-order valence-corrected chi connectivity index (χ3v) is 3.42. The van der Waals surface area contributed by atoms with Crippen molar-refractivity contribution in [3.05, 3.63) is 29.6 Å². The van der Waals surface area contributed by atoms with Crippen molar-refractivity contribution >= 4 is 11.6 Å². The minimum Gasteiger partial charge on any atom is -0.367 e. The first kappa shape index (κ1) is 13.8. The molecule has 0 saturated carbocycles. The molecule has 1 aliphatic heterocycles. The number of rotatable bonds is 3. The summed E-state index contributed by atoms with van der Waals surface area (Å²) in [7, 11) is 0. The Hall–Kier alpha value is -1.62. The van der Waals surface area contributed by atoms with Gasteiger partial charge in [0.25, 0.3) is 0 Å². The molecule has 2 rings (SSSR count). The number of nitrogens with zero attached hydrogens (tertiary/aromatic N) is 1. The first-order valence-electron chi connectivity index (χ1n) is 6.55. The monoisotopic (exact) mass is 265 g/mol. The number of para-hydroxylation sites is 1. The zero-order valence-corrected chi connectivity index (χ0v) is 11.3. The normalized spacial score (nSPS) is 20.4. The van der Waals surface area contributed by atoms with Gasteiger partial charge in [-0.05, 0) is 25.0 Å². The molecule has 0 aromatic heterocycles. The molecule has 19 heavy (non-hydrogen) atoms. The van der Waals surface area contributed by atoms with Crippen molar-refractivity contribution in [3.8, 4) is 0 Å². The number of carbonyl (C=O) groups is 1. The van der Waals surface area contributed by atoms with Crippen LogP contribution in [0.15, 0.2) is 18.2 Å². The van der Waals surface area contributed by atoms with Gasteiger partial charge in [0.05, 0.1) is 5.69 Å². The Morgan fingerprint density at radius 3 is 2.95 bits per heavy atom. The predicted octanol–water partition coefficient (Wildman–Crippen LogP) is 1.56. The lowest BCUT2D eigenvalue weighted by atomic mass is 10.1. The van der Waals surface area contributed by atoms with Gasteiger partial charge in [-0.1, -0.05) is 12.1 Å². The second kappa shape index (κ2) is 5.57. The average Bonchev–Trinajstić information content (AvgIpc) is 2.75. The van der Waals surface area contributed by atoms with E-state index in [1.165, 1.54) is 13.0 Å². The highest BCUT2D eigenvalue weighted by atomic mass is 19.1. The molecular weight excluding hydrogens is 245 g/mol. The van der Waals surface area contributed by atoms with Crippen LogP contribution in [-0.2, 0) is 4.79 Å². The molecule has 5 heteroatoms. The summed E-state index contributed by atoms with van der Waals surface area (Å²) in [6.07, 6.45) is 0.826. The highest BCUT2D eigenvalue weighted by Gasteiger charge is 2.27. The van der Waals surface area contributed by atoms with Crippen LogP contribution in [0.2, 0.25) is 0 Å². The summed E-state index contributed by atoms with van der Waals surface area (Å²) in [5, 5.41) is 2.88. The van der Waals surface area contributed by atoms with Gasteiger partial charge in [0, 0.05) is 32.1 Å². The molecule has 1 aromatic rings. The molecule has 1 heterocycles. The summed E-state index contributed by atoms with van der Waals surface area (Å²) < 4.78 is 14.1. The molecule has 0 bridgehead atoms. The minimum atomic E-state index is -0.252. The molecule has 3 N–H and O–H groups in total. The largest absolute Gasteiger partial charge is 0.367 e. The van der Waals surface area contributed by atoms with Crippen LogP contribution in [0.5, 0.6) is 0 Å². The summed E-state index contributed by atoms with van der Waals surface area (Å²) in [5.74, 6) is -0.300. The van der Waals surface area contributed by atoms with Crippen LogP contribution in [-0.4, -0.2) is 25.0 Å². The lowest BCUT2D eigenvalue weighted by molar-refractivity contribution is -0.119. The quantitative estimate of drug-likeness (QED) is 0.872. The van der Waals surface area contributed by atoms with E-state index < -0.39 is 0 Å². The van der Waals surface area contributed by atoms with E-state index in [1.807, 2.05) is 17.9 Å². The summed E-state index contributed by atoms with van der Waals surface area (Å²) >= 11 is 0. The van der Waals surface area contributed by atoms with E-state index in [-0.39, 0.29) is 23.8 Å². The van der Waals surface area contributed by atoms with E-state index in [4.69, 9.17) is 5.73 Å². The number of hydrogen-bond acceptors (Lipinski definition) is 3. The third-order valence-electron chi connectivity index (χ3n) is 3.42. The number of hydrogen-bond donors (Lipinski definition) is 2. The van der Waals surface area contributed by atoms with Gasteiger partial charge in [-0.15, -0.1) is 0 Å². The molecular formula is C14H20FN3O. The average molecular weight is 265 g/mol. The lowest BCUT2D eigenvalue weighted by Gasteiger charge is -2.24. The number of nitrogens with one attached hydrogen (secondary N) is 1. The summed E-state index contributed by atoms with van der Waals surface area (Å²) in [4.78, 5) is 13.0. The summed E-state index contributed by atoms with van der Waals surface area (Å²) in [6, 6.07) is 4.85. The lowest BCUT2D eigenvalue weighted by Crippen LogP contribution is -2.36. The van der Waals surface area contributed by atoms with Gasteiger partial charge >= 0.3 is 0 Å². The number of carbonyl (C=O) groups excluding carboxylic acids is 1. The Kier molecular flexibility index (Phi) is 4.04. The smallest absolute Gasteiger partial charge is 0.217 e. The van der Waals surface area contributed by atoms with Crippen LogP contribution in [0.4, 0.5) is 10.1 Å². The maximum absolute atomic E-state index is 14.1. The summed E-state index contributed by atoms with van der Waals surface area (Å²) in [5.41, 5.74) is 7.29. The molecule has 104 valence electrons. The second-order valence-corrected chi connectivity index (χ2v) is 5.10.